The van der Waals surface area contributed by atoms with Crippen molar-refractivity contribution in [3.05, 3.63) is 88.6 Å². The second kappa shape index (κ2) is 12.5. The van der Waals surface area contributed by atoms with Crippen molar-refractivity contribution < 1.29 is 24.1 Å². The van der Waals surface area contributed by atoms with Crippen LogP contribution in [0.3, 0.4) is 0 Å². The lowest BCUT2D eigenvalue weighted by atomic mass is 10.0. The first-order valence-electron chi connectivity index (χ1n) is 13.3. The fourth-order valence-electron chi connectivity index (χ4n) is 5.10. The molecule has 41 heavy (non-hydrogen) atoms. The summed E-state index contributed by atoms with van der Waals surface area (Å²) < 4.78 is 16.0. The van der Waals surface area contributed by atoms with Crippen LogP contribution in [0.25, 0.3) is 17.0 Å². The van der Waals surface area contributed by atoms with Gasteiger partial charge in [-0.1, -0.05) is 17.7 Å². The Morgan fingerprint density at radius 1 is 0.951 bits per heavy atom. The molecule has 9 heteroatoms. The predicted molar refractivity (Wildman–Crippen MR) is 162 cm³/mol. The highest BCUT2D eigenvalue weighted by molar-refractivity contribution is 6.31. The minimum absolute atomic E-state index is 0.104. The molecule has 1 aliphatic rings. The summed E-state index contributed by atoms with van der Waals surface area (Å²) in [6.07, 6.45) is 5.03. The van der Waals surface area contributed by atoms with Crippen molar-refractivity contribution in [1.82, 2.24) is 9.88 Å². The van der Waals surface area contributed by atoms with Gasteiger partial charge in [0.05, 0.1) is 32.4 Å². The lowest BCUT2D eigenvalue weighted by Gasteiger charge is -2.36. The maximum atomic E-state index is 13.0. The zero-order valence-electron chi connectivity index (χ0n) is 23.3. The molecule has 1 aliphatic heterocycles. The van der Waals surface area contributed by atoms with E-state index < -0.39 is 0 Å². The van der Waals surface area contributed by atoms with Crippen molar-refractivity contribution in [3.63, 3.8) is 0 Å². The molecule has 0 atom stereocenters. The van der Waals surface area contributed by atoms with Crippen molar-refractivity contribution in [3.8, 4) is 23.0 Å². The van der Waals surface area contributed by atoms with Gasteiger partial charge in [-0.25, -0.2) is 0 Å². The third-order valence-corrected chi connectivity index (χ3v) is 7.52. The summed E-state index contributed by atoms with van der Waals surface area (Å²) in [5, 5.41) is 12.6. The first-order valence-corrected chi connectivity index (χ1v) is 13.6. The van der Waals surface area contributed by atoms with E-state index in [0.717, 1.165) is 53.9 Å². The molecule has 0 saturated carbocycles. The van der Waals surface area contributed by atoms with Crippen LogP contribution in [0.5, 0.6) is 23.0 Å². The number of benzene rings is 3. The van der Waals surface area contributed by atoms with Crippen LogP contribution in [0.1, 0.15) is 21.5 Å². The van der Waals surface area contributed by atoms with E-state index in [1.54, 1.807) is 37.5 Å². The number of phenolic OH excluding ortho intramolecular Hbond substituents is 1. The second-order valence-electron chi connectivity index (χ2n) is 9.75. The molecule has 8 nitrogen and oxygen atoms in total. The normalized spacial score (nSPS) is 14.0. The fourth-order valence-corrected chi connectivity index (χ4v) is 5.26. The number of methoxy groups -OCH3 is 3. The largest absolute Gasteiger partial charge is 0.504 e. The standard InChI is InChI=1S/C32H32ClN3O5/c1-39-24-6-8-26(30(19-24)40-2)29(37)9-4-21-16-22(32(38)31(17-21)41-3)20-35-12-14-36(15-13-35)28-10-11-34-27-18-23(33)5-7-25(27)28/h4-11,16-19,38H,12-15,20H2,1-3H3/b9-4+. The molecule has 0 radical (unpaired) electrons. The number of carbonyl (C=O) groups excluding carboxylic acids is 1. The molecule has 0 amide bonds. The molecule has 0 unspecified atom stereocenters. The smallest absolute Gasteiger partial charge is 0.189 e. The molecule has 0 bridgehead atoms. The van der Waals surface area contributed by atoms with Crippen LogP contribution >= 0.6 is 11.6 Å². The number of nitrogens with zero attached hydrogens (tertiary/aromatic N) is 3. The fraction of sp³-hybridized carbons (Fsp3) is 0.250. The molecule has 5 rings (SSSR count). The van der Waals surface area contributed by atoms with Crippen LogP contribution in [-0.2, 0) is 6.54 Å². The van der Waals surface area contributed by atoms with Gasteiger partial charge in [0.25, 0.3) is 0 Å². The number of ketones is 1. The molecule has 0 aliphatic carbocycles. The van der Waals surface area contributed by atoms with E-state index in [1.165, 1.54) is 20.3 Å². The van der Waals surface area contributed by atoms with E-state index in [2.05, 4.69) is 14.8 Å². The summed E-state index contributed by atoms with van der Waals surface area (Å²) in [4.78, 5) is 22.1. The van der Waals surface area contributed by atoms with Crippen molar-refractivity contribution in [2.75, 3.05) is 52.4 Å². The van der Waals surface area contributed by atoms with Crippen LogP contribution < -0.4 is 19.1 Å². The number of anilines is 1. The Morgan fingerprint density at radius 2 is 1.73 bits per heavy atom. The van der Waals surface area contributed by atoms with Gasteiger partial charge in [0.1, 0.15) is 11.5 Å². The maximum absolute atomic E-state index is 13.0. The summed E-state index contributed by atoms with van der Waals surface area (Å²) in [6.45, 7) is 3.84. The van der Waals surface area contributed by atoms with E-state index in [-0.39, 0.29) is 11.5 Å². The third-order valence-electron chi connectivity index (χ3n) is 7.29. The average molecular weight is 574 g/mol. The molecule has 212 valence electrons. The molecule has 1 saturated heterocycles. The molecular formula is C32H32ClN3O5. The van der Waals surface area contributed by atoms with Crippen LogP contribution in [0.15, 0.2) is 66.9 Å². The zero-order chi connectivity index (χ0) is 28.9. The number of halogens is 1. The first-order chi connectivity index (χ1) is 19.9. The SMILES string of the molecule is COc1ccc(C(=O)/C=C/c2cc(CN3CCN(c4ccnc5cc(Cl)ccc45)CC3)c(O)c(OC)c2)c(OC)c1. The number of hydrogen-bond acceptors (Lipinski definition) is 8. The van der Waals surface area contributed by atoms with Crippen molar-refractivity contribution >= 4 is 40.1 Å². The quantitative estimate of drug-likeness (QED) is 0.198. The predicted octanol–water partition coefficient (Wildman–Crippen LogP) is 5.84. The number of hydrogen-bond donors (Lipinski definition) is 1. The highest BCUT2D eigenvalue weighted by atomic mass is 35.5. The topological polar surface area (TPSA) is 84.4 Å². The molecule has 4 aromatic rings. The number of carbonyl (C=O) groups is 1. The van der Waals surface area contributed by atoms with Crippen LogP contribution in [0.4, 0.5) is 5.69 Å². The summed E-state index contributed by atoms with van der Waals surface area (Å²) in [7, 11) is 4.59. The lowest BCUT2D eigenvalue weighted by Crippen LogP contribution is -2.46. The molecule has 1 aromatic heterocycles. The van der Waals surface area contributed by atoms with Crippen molar-refractivity contribution in [2.45, 2.75) is 6.54 Å². The monoisotopic (exact) mass is 573 g/mol. The van der Waals surface area contributed by atoms with E-state index in [4.69, 9.17) is 25.8 Å². The van der Waals surface area contributed by atoms with E-state index in [9.17, 15) is 9.90 Å². The van der Waals surface area contributed by atoms with E-state index in [0.29, 0.717) is 34.4 Å². The average Bonchev–Trinajstić information content (AvgIpc) is 3.00. The molecule has 1 N–H and O–H groups in total. The number of ether oxygens (including phenoxy) is 3. The molecule has 2 heterocycles. The van der Waals surface area contributed by atoms with Crippen LogP contribution in [-0.4, -0.2) is 68.3 Å². The number of pyridine rings is 1. The van der Waals surface area contributed by atoms with Crippen molar-refractivity contribution in [2.24, 2.45) is 0 Å². The first kappa shape index (κ1) is 28.3. The van der Waals surface area contributed by atoms with E-state index >= 15 is 0 Å². The lowest BCUT2D eigenvalue weighted by molar-refractivity contribution is 0.104. The second-order valence-corrected chi connectivity index (χ2v) is 10.2. The van der Waals surface area contributed by atoms with Gasteiger partial charge >= 0.3 is 0 Å². The summed E-state index contributed by atoms with van der Waals surface area (Å²) in [5.41, 5.74) is 3.93. The summed E-state index contributed by atoms with van der Waals surface area (Å²) in [5.74, 6) is 1.30. The Balaban J connectivity index is 1.30. The van der Waals surface area contributed by atoms with Crippen LogP contribution in [0, 0.1) is 0 Å². The minimum atomic E-state index is -0.208. The van der Waals surface area contributed by atoms with Crippen molar-refractivity contribution in [1.29, 1.82) is 0 Å². The van der Waals surface area contributed by atoms with E-state index in [1.807, 2.05) is 36.5 Å². The number of phenols is 1. The number of aromatic nitrogens is 1. The number of fused-ring (bicyclic) bond motifs is 1. The number of rotatable bonds is 9. The Morgan fingerprint density at radius 3 is 2.46 bits per heavy atom. The highest BCUT2D eigenvalue weighted by Crippen LogP contribution is 2.34. The number of aromatic hydroxyl groups is 1. The van der Waals surface area contributed by atoms with Crippen LogP contribution in [0.2, 0.25) is 5.02 Å². The van der Waals surface area contributed by atoms with Gasteiger partial charge in [-0.3, -0.25) is 14.7 Å². The Hall–Kier alpha value is -4.27. The Kier molecular flexibility index (Phi) is 8.61. The van der Waals surface area contributed by atoms with Gasteiger partial charge < -0.3 is 24.2 Å². The van der Waals surface area contributed by atoms with Gasteiger partial charge in [-0.2, -0.15) is 0 Å². The number of allylic oxidation sites excluding steroid dienone is 1. The van der Waals surface area contributed by atoms with Gasteiger partial charge in [0, 0.05) is 66.6 Å². The molecule has 1 fully saturated rings. The summed E-state index contributed by atoms with van der Waals surface area (Å²) >= 11 is 6.16. The summed E-state index contributed by atoms with van der Waals surface area (Å²) in [6, 6.07) is 16.5. The van der Waals surface area contributed by atoms with Gasteiger partial charge in [-0.05, 0) is 60.2 Å². The maximum Gasteiger partial charge on any atom is 0.189 e. The Labute approximate surface area is 244 Å². The third kappa shape index (κ3) is 6.24. The van der Waals surface area contributed by atoms with Gasteiger partial charge in [0.2, 0.25) is 0 Å². The minimum Gasteiger partial charge on any atom is -0.504 e. The zero-order valence-corrected chi connectivity index (χ0v) is 24.0. The highest BCUT2D eigenvalue weighted by Gasteiger charge is 2.21. The molecule has 0 spiro atoms. The Bertz CT molecular complexity index is 1600. The number of piperazine rings is 1. The molecular weight excluding hydrogens is 542 g/mol. The van der Waals surface area contributed by atoms with Gasteiger partial charge in [-0.15, -0.1) is 0 Å². The van der Waals surface area contributed by atoms with Gasteiger partial charge in [0.15, 0.2) is 17.3 Å². The molecule has 3 aromatic carbocycles.